The standard InChI is InChI=1S/C7H8OS.CH4O3S/c1-8-6-4-2-3-5-7(6)9;1-5(2,3)4/h2-5,9H,1H3;1H3,(H,2,3,4). The Morgan fingerprint density at radius 3 is 2.07 bits per heavy atom. The molecular formula is C8H12O4S2. The van der Waals surface area contributed by atoms with Gasteiger partial charge in [-0.05, 0) is 12.1 Å². The molecule has 0 saturated carbocycles. The lowest BCUT2D eigenvalue weighted by Gasteiger charge is -1.99. The summed E-state index contributed by atoms with van der Waals surface area (Å²) in [5.41, 5.74) is 0. The van der Waals surface area contributed by atoms with E-state index in [-0.39, 0.29) is 0 Å². The summed E-state index contributed by atoms with van der Waals surface area (Å²) in [5, 5.41) is 0. The summed E-state index contributed by atoms with van der Waals surface area (Å²) in [6.45, 7) is 0. The second kappa shape index (κ2) is 5.90. The predicted molar refractivity (Wildman–Crippen MR) is 57.7 cm³/mol. The summed E-state index contributed by atoms with van der Waals surface area (Å²) in [4.78, 5) is 0.875. The van der Waals surface area contributed by atoms with Crippen molar-refractivity contribution in [3.8, 4) is 5.75 Å². The van der Waals surface area contributed by atoms with Crippen LogP contribution >= 0.6 is 12.6 Å². The van der Waals surface area contributed by atoms with Gasteiger partial charge in [-0.1, -0.05) is 12.1 Å². The van der Waals surface area contributed by atoms with Crippen molar-refractivity contribution < 1.29 is 17.7 Å². The van der Waals surface area contributed by atoms with Gasteiger partial charge in [0.25, 0.3) is 10.1 Å². The molecule has 4 nitrogen and oxygen atoms in total. The third-order valence-electron chi connectivity index (χ3n) is 1.09. The van der Waals surface area contributed by atoms with Crippen molar-refractivity contribution in [2.24, 2.45) is 0 Å². The van der Waals surface area contributed by atoms with Crippen LogP contribution in [0.5, 0.6) is 5.75 Å². The Morgan fingerprint density at radius 1 is 1.36 bits per heavy atom. The largest absolute Gasteiger partial charge is 0.496 e. The van der Waals surface area contributed by atoms with Crippen molar-refractivity contribution in [2.75, 3.05) is 13.4 Å². The first kappa shape index (κ1) is 13.3. The Balaban J connectivity index is 0.000000292. The molecule has 0 unspecified atom stereocenters. The van der Waals surface area contributed by atoms with E-state index in [2.05, 4.69) is 12.6 Å². The lowest BCUT2D eigenvalue weighted by molar-refractivity contribution is 0.405. The monoisotopic (exact) mass is 236 g/mol. The highest BCUT2D eigenvalue weighted by molar-refractivity contribution is 7.85. The zero-order valence-corrected chi connectivity index (χ0v) is 9.55. The molecule has 0 aromatic heterocycles. The molecule has 1 rings (SSSR count). The van der Waals surface area contributed by atoms with E-state index in [9.17, 15) is 8.42 Å². The van der Waals surface area contributed by atoms with Crippen molar-refractivity contribution in [2.45, 2.75) is 4.90 Å². The molecule has 6 heteroatoms. The number of hydrogen-bond acceptors (Lipinski definition) is 4. The van der Waals surface area contributed by atoms with E-state index >= 15 is 0 Å². The lowest BCUT2D eigenvalue weighted by Crippen LogP contribution is -1.88. The van der Waals surface area contributed by atoms with Gasteiger partial charge in [0.2, 0.25) is 0 Å². The third-order valence-corrected chi connectivity index (χ3v) is 1.45. The van der Waals surface area contributed by atoms with Crippen LogP contribution in [0.4, 0.5) is 0 Å². The molecule has 0 heterocycles. The fraction of sp³-hybridized carbons (Fsp3) is 0.250. The summed E-state index contributed by atoms with van der Waals surface area (Å²) in [6.07, 6.45) is 0.715. The molecule has 0 aliphatic rings. The van der Waals surface area contributed by atoms with E-state index in [1.807, 2.05) is 24.3 Å². The van der Waals surface area contributed by atoms with E-state index in [0.717, 1.165) is 10.6 Å². The van der Waals surface area contributed by atoms with Crippen LogP contribution in [0.25, 0.3) is 0 Å². The fourth-order valence-electron chi connectivity index (χ4n) is 0.630. The maximum absolute atomic E-state index is 9.19. The molecule has 0 spiro atoms. The second-order valence-corrected chi connectivity index (χ2v) is 4.35. The minimum absolute atomic E-state index is 0.715. The first-order valence-corrected chi connectivity index (χ1v) is 5.88. The number of para-hydroxylation sites is 1. The lowest BCUT2D eigenvalue weighted by atomic mass is 10.3. The number of benzene rings is 1. The van der Waals surface area contributed by atoms with Crippen molar-refractivity contribution in [3.05, 3.63) is 24.3 Å². The zero-order valence-electron chi connectivity index (χ0n) is 7.84. The zero-order chi connectivity index (χ0) is 11.2. The number of hydrogen-bond donors (Lipinski definition) is 2. The van der Waals surface area contributed by atoms with Crippen LogP contribution in [-0.2, 0) is 10.1 Å². The maximum Gasteiger partial charge on any atom is 0.261 e. The van der Waals surface area contributed by atoms with Gasteiger partial charge in [0.05, 0.1) is 13.4 Å². The minimum atomic E-state index is -3.67. The van der Waals surface area contributed by atoms with Crippen LogP contribution in [0.15, 0.2) is 29.2 Å². The van der Waals surface area contributed by atoms with Gasteiger partial charge < -0.3 is 4.74 Å². The Kier molecular flexibility index (Phi) is 5.59. The first-order valence-electron chi connectivity index (χ1n) is 3.59. The normalized spacial score (nSPS) is 10.0. The smallest absolute Gasteiger partial charge is 0.261 e. The van der Waals surface area contributed by atoms with E-state index in [0.29, 0.717) is 6.26 Å². The van der Waals surface area contributed by atoms with Gasteiger partial charge in [0.15, 0.2) is 0 Å². The number of thiol groups is 1. The summed E-state index contributed by atoms with van der Waals surface area (Å²) in [7, 11) is -2.03. The molecule has 80 valence electrons. The Bertz CT molecular complexity index is 365. The van der Waals surface area contributed by atoms with Gasteiger partial charge in [0, 0.05) is 4.90 Å². The predicted octanol–water partition coefficient (Wildman–Crippen LogP) is 1.49. The Morgan fingerprint density at radius 2 is 1.79 bits per heavy atom. The second-order valence-electron chi connectivity index (χ2n) is 2.40. The Hall–Kier alpha value is -0.720. The number of ether oxygens (including phenoxy) is 1. The van der Waals surface area contributed by atoms with E-state index in [1.54, 1.807) is 7.11 Å². The highest BCUT2D eigenvalue weighted by Gasteiger charge is 1.91. The van der Waals surface area contributed by atoms with Crippen LogP contribution in [0.2, 0.25) is 0 Å². The van der Waals surface area contributed by atoms with Crippen molar-refractivity contribution in [1.29, 1.82) is 0 Å². The molecule has 14 heavy (non-hydrogen) atoms. The molecular weight excluding hydrogens is 224 g/mol. The quantitative estimate of drug-likeness (QED) is 0.573. The van der Waals surface area contributed by atoms with Crippen LogP contribution in [0, 0.1) is 0 Å². The molecule has 0 amide bonds. The molecule has 0 aliphatic carbocycles. The first-order chi connectivity index (χ1) is 6.34. The highest BCUT2D eigenvalue weighted by Crippen LogP contribution is 2.19. The molecule has 1 aromatic carbocycles. The van der Waals surface area contributed by atoms with Gasteiger partial charge >= 0.3 is 0 Å². The third kappa shape index (κ3) is 7.90. The van der Waals surface area contributed by atoms with E-state index in [1.165, 1.54) is 0 Å². The molecule has 1 aromatic rings. The van der Waals surface area contributed by atoms with Crippen molar-refractivity contribution in [3.63, 3.8) is 0 Å². The molecule has 0 bridgehead atoms. The summed E-state index contributed by atoms with van der Waals surface area (Å²) in [5.74, 6) is 0.820. The van der Waals surface area contributed by atoms with Gasteiger partial charge in [-0.25, -0.2) is 0 Å². The van der Waals surface area contributed by atoms with Crippen LogP contribution in [-0.4, -0.2) is 26.3 Å². The van der Waals surface area contributed by atoms with Crippen molar-refractivity contribution >= 4 is 22.7 Å². The van der Waals surface area contributed by atoms with Crippen LogP contribution < -0.4 is 4.74 Å². The molecule has 0 fully saturated rings. The van der Waals surface area contributed by atoms with Crippen LogP contribution in [0.3, 0.4) is 0 Å². The average Bonchev–Trinajstić information content (AvgIpc) is 2.02. The fourth-order valence-corrected chi connectivity index (χ4v) is 0.882. The molecule has 0 aliphatic heterocycles. The number of rotatable bonds is 1. The highest BCUT2D eigenvalue weighted by atomic mass is 32.2. The average molecular weight is 236 g/mol. The number of methoxy groups -OCH3 is 1. The SMILES string of the molecule is COc1ccccc1S.CS(=O)(=O)O. The Labute approximate surface area is 89.1 Å². The van der Waals surface area contributed by atoms with E-state index in [4.69, 9.17) is 9.29 Å². The van der Waals surface area contributed by atoms with Crippen LogP contribution in [0.1, 0.15) is 0 Å². The van der Waals surface area contributed by atoms with Gasteiger partial charge in [-0.2, -0.15) is 8.42 Å². The van der Waals surface area contributed by atoms with E-state index < -0.39 is 10.1 Å². The molecule has 0 atom stereocenters. The summed E-state index contributed by atoms with van der Waals surface area (Å²) in [6, 6.07) is 7.60. The summed E-state index contributed by atoms with van der Waals surface area (Å²) >= 11 is 4.15. The van der Waals surface area contributed by atoms with Gasteiger partial charge in [0.1, 0.15) is 5.75 Å². The molecule has 1 N–H and O–H groups in total. The van der Waals surface area contributed by atoms with Crippen molar-refractivity contribution in [1.82, 2.24) is 0 Å². The van der Waals surface area contributed by atoms with Gasteiger partial charge in [-0.15, -0.1) is 12.6 Å². The molecule has 0 saturated heterocycles. The maximum atomic E-state index is 9.19. The summed E-state index contributed by atoms with van der Waals surface area (Å²) < 4.78 is 30.8. The topological polar surface area (TPSA) is 63.6 Å². The minimum Gasteiger partial charge on any atom is -0.496 e. The molecule has 0 radical (unpaired) electrons. The van der Waals surface area contributed by atoms with Gasteiger partial charge in [-0.3, -0.25) is 4.55 Å².